The molecule has 1 fully saturated rings. The van der Waals surface area contributed by atoms with Crippen LogP contribution >= 0.6 is 24.0 Å². The molecule has 8 nitrogen and oxygen atoms in total. The van der Waals surface area contributed by atoms with Crippen LogP contribution < -0.4 is 4.74 Å². The molecule has 0 aromatic heterocycles. The Morgan fingerprint density at radius 2 is 1.77 bits per heavy atom. The maximum Gasteiger partial charge on any atom is 0.349 e. The van der Waals surface area contributed by atoms with Gasteiger partial charge >= 0.3 is 5.97 Å². The number of nitro benzene ring substituents is 1. The lowest BCUT2D eigenvalue weighted by atomic mass is 10.0. The summed E-state index contributed by atoms with van der Waals surface area (Å²) < 4.78 is 5.30. The number of benzene rings is 2. The average Bonchev–Trinajstić information content (AvgIpc) is 2.98. The Labute approximate surface area is 179 Å². The summed E-state index contributed by atoms with van der Waals surface area (Å²) in [7, 11) is 0. The maximum absolute atomic E-state index is 12.8. The fraction of sp³-hybridized carbons (Fsp3) is 0. The molecule has 0 spiro atoms. The first-order valence-electron chi connectivity index (χ1n) is 8.44. The van der Waals surface area contributed by atoms with E-state index in [4.69, 9.17) is 17.0 Å². The molecular weight excluding hydrogens is 428 g/mol. The third-order valence-electron chi connectivity index (χ3n) is 4.28. The van der Waals surface area contributed by atoms with Crippen molar-refractivity contribution in [1.82, 2.24) is 4.90 Å². The largest absolute Gasteiger partial charge is 0.422 e. The number of ether oxygens (including phenoxy) is 1. The quantitative estimate of drug-likeness (QED) is 0.136. The van der Waals surface area contributed by atoms with E-state index < -0.39 is 22.6 Å². The third kappa shape index (κ3) is 3.53. The van der Waals surface area contributed by atoms with Crippen molar-refractivity contribution in [2.24, 2.45) is 0 Å². The molecular formula is C20H10N2O6S2. The van der Waals surface area contributed by atoms with E-state index in [-0.39, 0.29) is 31.8 Å². The molecule has 2 aromatic carbocycles. The zero-order valence-corrected chi connectivity index (χ0v) is 16.6. The molecule has 0 saturated carbocycles. The van der Waals surface area contributed by atoms with Gasteiger partial charge in [-0.05, 0) is 35.9 Å². The molecule has 0 bridgehead atoms. The molecule has 2 aromatic rings. The van der Waals surface area contributed by atoms with Crippen LogP contribution in [0.25, 0.3) is 6.08 Å². The Balaban J connectivity index is 1.62. The summed E-state index contributed by atoms with van der Waals surface area (Å²) in [6.07, 6.45) is 2.62. The van der Waals surface area contributed by atoms with Crippen LogP contribution in [-0.4, -0.2) is 31.8 Å². The first kappa shape index (κ1) is 19.7. The minimum atomic E-state index is -0.868. The summed E-state index contributed by atoms with van der Waals surface area (Å²) >= 11 is 6.21. The Bertz CT molecular complexity index is 1200. The van der Waals surface area contributed by atoms with E-state index in [0.717, 1.165) is 22.9 Å². The molecule has 0 N–H and O–H groups in total. The lowest BCUT2D eigenvalue weighted by Crippen LogP contribution is -2.30. The van der Waals surface area contributed by atoms with Crippen molar-refractivity contribution < 1.29 is 24.0 Å². The van der Waals surface area contributed by atoms with Crippen LogP contribution in [0.1, 0.15) is 15.9 Å². The number of rotatable bonds is 3. The van der Waals surface area contributed by atoms with E-state index in [2.05, 4.69) is 0 Å². The topological polar surface area (TPSA) is 107 Å². The molecule has 148 valence electrons. The second-order valence-corrected chi connectivity index (χ2v) is 7.83. The van der Waals surface area contributed by atoms with Crippen LogP contribution in [0.3, 0.4) is 0 Å². The molecule has 2 aliphatic rings. The molecule has 0 atom stereocenters. The molecule has 1 saturated heterocycles. The minimum Gasteiger partial charge on any atom is -0.422 e. The van der Waals surface area contributed by atoms with Crippen LogP contribution in [0.15, 0.2) is 65.2 Å². The SMILES string of the molecule is O=C1Oc2ccccc2C(=O)/C1=C/N1C(=O)/C(=C/c2ccc([N+](=O)[O-])cc2)SC1=S. The normalized spacial score (nSPS) is 18.7. The predicted octanol–water partition coefficient (Wildman–Crippen LogP) is 3.48. The van der Waals surface area contributed by atoms with E-state index in [1.165, 1.54) is 42.5 Å². The van der Waals surface area contributed by atoms with Gasteiger partial charge in [0.15, 0.2) is 4.32 Å². The number of nitro groups is 1. The highest BCUT2D eigenvalue weighted by Crippen LogP contribution is 2.35. The average molecular weight is 438 g/mol. The Morgan fingerprint density at radius 3 is 2.47 bits per heavy atom. The molecule has 0 aliphatic carbocycles. The highest BCUT2D eigenvalue weighted by molar-refractivity contribution is 8.26. The molecule has 2 heterocycles. The Kier molecular flexibility index (Phi) is 5.02. The predicted molar refractivity (Wildman–Crippen MR) is 113 cm³/mol. The van der Waals surface area contributed by atoms with Crippen molar-refractivity contribution in [1.29, 1.82) is 0 Å². The summed E-state index contributed by atoms with van der Waals surface area (Å²) in [5.41, 5.74) is 0.409. The number of esters is 1. The van der Waals surface area contributed by atoms with Gasteiger partial charge in [-0.1, -0.05) is 36.1 Å². The zero-order chi connectivity index (χ0) is 21.4. The smallest absolute Gasteiger partial charge is 0.349 e. The second kappa shape index (κ2) is 7.65. The van der Waals surface area contributed by atoms with Gasteiger partial charge < -0.3 is 4.74 Å². The van der Waals surface area contributed by atoms with Gasteiger partial charge in [0.2, 0.25) is 5.78 Å². The van der Waals surface area contributed by atoms with Gasteiger partial charge in [-0.15, -0.1) is 0 Å². The first-order valence-corrected chi connectivity index (χ1v) is 9.67. The van der Waals surface area contributed by atoms with Crippen LogP contribution in [0.4, 0.5) is 5.69 Å². The van der Waals surface area contributed by atoms with E-state index in [0.29, 0.717) is 5.56 Å². The number of nitrogens with zero attached hydrogens (tertiary/aromatic N) is 2. The lowest BCUT2D eigenvalue weighted by Gasteiger charge is -2.18. The summed E-state index contributed by atoms with van der Waals surface area (Å²) in [4.78, 5) is 49.2. The lowest BCUT2D eigenvalue weighted by molar-refractivity contribution is -0.384. The Hall–Kier alpha value is -3.63. The monoisotopic (exact) mass is 438 g/mol. The van der Waals surface area contributed by atoms with Gasteiger partial charge in [0.1, 0.15) is 11.3 Å². The number of ketones is 1. The number of thioether (sulfide) groups is 1. The van der Waals surface area contributed by atoms with E-state index in [9.17, 15) is 24.5 Å². The van der Waals surface area contributed by atoms with Crippen LogP contribution in [-0.2, 0) is 9.59 Å². The first-order chi connectivity index (χ1) is 14.3. The number of thiocarbonyl (C=S) groups is 1. The highest BCUT2D eigenvalue weighted by atomic mass is 32.2. The van der Waals surface area contributed by atoms with Crippen molar-refractivity contribution in [3.8, 4) is 5.75 Å². The van der Waals surface area contributed by atoms with Gasteiger partial charge in [-0.25, -0.2) is 4.79 Å². The van der Waals surface area contributed by atoms with E-state index in [1.807, 2.05) is 0 Å². The molecule has 4 rings (SSSR count). The van der Waals surface area contributed by atoms with Crippen molar-refractivity contribution in [3.05, 3.63) is 86.5 Å². The number of fused-ring (bicyclic) bond motifs is 1. The van der Waals surface area contributed by atoms with Gasteiger partial charge in [0.25, 0.3) is 11.6 Å². The highest BCUT2D eigenvalue weighted by Gasteiger charge is 2.36. The molecule has 2 aliphatic heterocycles. The van der Waals surface area contributed by atoms with Crippen LogP contribution in [0, 0.1) is 10.1 Å². The summed E-state index contributed by atoms with van der Waals surface area (Å²) in [6, 6.07) is 12.0. The number of Topliss-reactive ketones (excluding diaryl/α,β-unsaturated/α-hetero) is 1. The van der Waals surface area contributed by atoms with Crippen molar-refractivity contribution >= 4 is 57.7 Å². The standard InChI is InChI=1S/C20H10N2O6S2/c23-17-13-3-1-2-4-15(13)28-19(25)14(17)10-21-18(24)16(30-20(21)29)9-11-5-7-12(8-6-11)22(26)27/h1-10H/b14-10-,16-9-. The fourth-order valence-electron chi connectivity index (χ4n) is 2.81. The molecule has 1 amide bonds. The van der Waals surface area contributed by atoms with Crippen LogP contribution in [0.2, 0.25) is 0 Å². The van der Waals surface area contributed by atoms with E-state index in [1.54, 1.807) is 12.1 Å². The summed E-state index contributed by atoms with van der Waals surface area (Å²) in [5, 5.41) is 10.8. The van der Waals surface area contributed by atoms with Crippen molar-refractivity contribution in [3.63, 3.8) is 0 Å². The molecule has 10 heteroatoms. The van der Waals surface area contributed by atoms with Gasteiger partial charge in [0.05, 0.1) is 15.4 Å². The Morgan fingerprint density at radius 1 is 1.07 bits per heavy atom. The minimum absolute atomic E-state index is 0.0703. The second-order valence-electron chi connectivity index (χ2n) is 6.16. The number of hydrogen-bond acceptors (Lipinski definition) is 8. The number of amides is 1. The zero-order valence-electron chi connectivity index (χ0n) is 14.9. The number of carbonyl (C=O) groups excluding carboxylic acids is 3. The summed E-state index contributed by atoms with van der Waals surface area (Å²) in [5.74, 6) is -1.79. The van der Waals surface area contributed by atoms with Crippen molar-refractivity contribution in [2.45, 2.75) is 0 Å². The molecule has 0 unspecified atom stereocenters. The van der Waals surface area contributed by atoms with Gasteiger partial charge in [0, 0.05) is 18.3 Å². The number of non-ortho nitro benzene ring substituents is 1. The van der Waals surface area contributed by atoms with Gasteiger partial charge in [-0.2, -0.15) is 0 Å². The molecule has 30 heavy (non-hydrogen) atoms. The fourth-order valence-corrected chi connectivity index (χ4v) is 4.02. The number of hydrogen-bond donors (Lipinski definition) is 0. The third-order valence-corrected chi connectivity index (χ3v) is 5.61. The number of carbonyl (C=O) groups is 3. The molecule has 0 radical (unpaired) electrons. The van der Waals surface area contributed by atoms with Crippen LogP contribution in [0.5, 0.6) is 5.75 Å². The van der Waals surface area contributed by atoms with Crippen molar-refractivity contribution in [2.75, 3.05) is 0 Å². The number of para-hydroxylation sites is 1. The maximum atomic E-state index is 12.8. The van der Waals surface area contributed by atoms with Gasteiger partial charge in [-0.3, -0.25) is 24.6 Å². The van der Waals surface area contributed by atoms with E-state index >= 15 is 0 Å². The summed E-state index contributed by atoms with van der Waals surface area (Å²) in [6.45, 7) is 0.